The molecule has 0 bridgehead atoms. The highest BCUT2D eigenvalue weighted by Gasteiger charge is 2.40. The van der Waals surface area contributed by atoms with Crippen LogP contribution in [0.2, 0.25) is 0 Å². The Kier molecular flexibility index (Phi) is 3.85. The third-order valence-electron chi connectivity index (χ3n) is 4.10. The molecule has 1 aromatic heterocycles. The zero-order valence-electron chi connectivity index (χ0n) is 11.7. The fraction of sp³-hybridized carbons (Fsp3) is 0.571. The van der Waals surface area contributed by atoms with E-state index in [0.29, 0.717) is 6.54 Å². The van der Waals surface area contributed by atoms with Gasteiger partial charge in [0.2, 0.25) is 5.95 Å². The summed E-state index contributed by atoms with van der Waals surface area (Å²) in [5, 5.41) is 0. The summed E-state index contributed by atoms with van der Waals surface area (Å²) in [7, 11) is 5.78. The molecule has 0 saturated heterocycles. The number of hydrogen-bond acceptors (Lipinski definition) is 3. The van der Waals surface area contributed by atoms with Crippen molar-refractivity contribution in [3.63, 3.8) is 0 Å². The van der Waals surface area contributed by atoms with Crippen LogP contribution in [-0.4, -0.2) is 53.9 Å². The van der Waals surface area contributed by atoms with E-state index in [4.69, 9.17) is 0 Å². The molecule has 2 rings (SSSR count). The molecular formula is C14H20FN3O. The van der Waals surface area contributed by atoms with Gasteiger partial charge in [-0.3, -0.25) is 4.79 Å². The highest BCUT2D eigenvalue weighted by molar-refractivity contribution is 5.94. The van der Waals surface area contributed by atoms with Gasteiger partial charge in [0.25, 0.3) is 5.91 Å². The van der Waals surface area contributed by atoms with Gasteiger partial charge in [0.15, 0.2) is 0 Å². The summed E-state index contributed by atoms with van der Waals surface area (Å²) in [4.78, 5) is 19.5. The minimum absolute atomic E-state index is 0.0400. The lowest BCUT2D eigenvalue weighted by atomic mass is 9.75. The van der Waals surface area contributed by atoms with Crippen LogP contribution >= 0.6 is 0 Å². The van der Waals surface area contributed by atoms with Crippen molar-refractivity contribution in [3.8, 4) is 0 Å². The number of aromatic nitrogens is 1. The second-order valence-corrected chi connectivity index (χ2v) is 5.48. The van der Waals surface area contributed by atoms with E-state index in [2.05, 4.69) is 9.88 Å². The number of pyridine rings is 1. The number of rotatable bonds is 4. The first kappa shape index (κ1) is 13.9. The molecule has 0 radical (unpaired) electrons. The summed E-state index contributed by atoms with van der Waals surface area (Å²) in [6.45, 7) is 0.618. The summed E-state index contributed by atoms with van der Waals surface area (Å²) in [6, 6.07) is 3.06. The van der Waals surface area contributed by atoms with Crippen molar-refractivity contribution in [1.82, 2.24) is 14.8 Å². The van der Waals surface area contributed by atoms with Crippen LogP contribution in [0.15, 0.2) is 18.3 Å². The number of carbonyl (C=O) groups is 1. The zero-order valence-corrected chi connectivity index (χ0v) is 11.7. The van der Waals surface area contributed by atoms with Gasteiger partial charge in [-0.1, -0.05) is 0 Å². The fourth-order valence-electron chi connectivity index (χ4n) is 2.60. The normalized spacial score (nSPS) is 17.1. The number of carbonyl (C=O) groups excluding carboxylic acids is 1. The van der Waals surface area contributed by atoms with E-state index >= 15 is 0 Å². The van der Waals surface area contributed by atoms with Gasteiger partial charge in [0, 0.05) is 25.3 Å². The lowest BCUT2D eigenvalue weighted by molar-refractivity contribution is 0.0250. The van der Waals surface area contributed by atoms with Gasteiger partial charge in [-0.05, 0) is 45.5 Å². The molecule has 1 saturated carbocycles. The largest absolute Gasteiger partial charge is 0.340 e. The van der Waals surface area contributed by atoms with E-state index in [1.54, 1.807) is 18.0 Å². The van der Waals surface area contributed by atoms with Gasteiger partial charge in [0.05, 0.1) is 5.56 Å². The fourth-order valence-corrected chi connectivity index (χ4v) is 2.60. The van der Waals surface area contributed by atoms with E-state index in [1.807, 2.05) is 14.1 Å². The number of halogens is 1. The van der Waals surface area contributed by atoms with Crippen molar-refractivity contribution < 1.29 is 9.18 Å². The Labute approximate surface area is 113 Å². The maximum Gasteiger partial charge on any atom is 0.258 e. The van der Waals surface area contributed by atoms with Crippen LogP contribution < -0.4 is 0 Å². The van der Waals surface area contributed by atoms with Crippen LogP contribution in [0.3, 0.4) is 0 Å². The number of likely N-dealkylation sites (N-methyl/N-ethyl adjacent to an activating group) is 2. The maximum absolute atomic E-state index is 13.5. The third-order valence-corrected chi connectivity index (χ3v) is 4.10. The zero-order chi connectivity index (χ0) is 14.0. The molecule has 1 aromatic rings. The van der Waals surface area contributed by atoms with Gasteiger partial charge in [0.1, 0.15) is 0 Å². The number of amides is 1. The van der Waals surface area contributed by atoms with E-state index in [1.165, 1.54) is 18.7 Å². The lowest BCUT2D eigenvalue weighted by Gasteiger charge is -2.49. The molecule has 0 aliphatic heterocycles. The van der Waals surface area contributed by atoms with E-state index in [0.717, 1.165) is 12.8 Å². The minimum atomic E-state index is -0.702. The van der Waals surface area contributed by atoms with Crippen LogP contribution in [0.4, 0.5) is 4.39 Å². The number of hydrogen-bond donors (Lipinski definition) is 0. The van der Waals surface area contributed by atoms with Gasteiger partial charge in [-0.25, -0.2) is 4.98 Å². The van der Waals surface area contributed by atoms with Crippen LogP contribution in [-0.2, 0) is 0 Å². The highest BCUT2D eigenvalue weighted by atomic mass is 19.1. The monoisotopic (exact) mass is 265 g/mol. The molecule has 1 amide bonds. The van der Waals surface area contributed by atoms with Crippen molar-refractivity contribution >= 4 is 5.91 Å². The molecule has 0 atom stereocenters. The van der Waals surface area contributed by atoms with Crippen LogP contribution in [0.5, 0.6) is 0 Å². The molecule has 4 nitrogen and oxygen atoms in total. The molecule has 19 heavy (non-hydrogen) atoms. The molecule has 0 aromatic carbocycles. The van der Waals surface area contributed by atoms with Crippen molar-refractivity contribution in [3.05, 3.63) is 29.8 Å². The summed E-state index contributed by atoms with van der Waals surface area (Å²) in [5.41, 5.74) is 0.0848. The maximum atomic E-state index is 13.5. The Hall–Kier alpha value is -1.49. The van der Waals surface area contributed by atoms with Crippen molar-refractivity contribution in [1.29, 1.82) is 0 Å². The van der Waals surface area contributed by atoms with E-state index in [-0.39, 0.29) is 17.0 Å². The molecule has 0 spiro atoms. The van der Waals surface area contributed by atoms with Gasteiger partial charge >= 0.3 is 0 Å². The second kappa shape index (κ2) is 5.25. The van der Waals surface area contributed by atoms with Gasteiger partial charge in [-0.15, -0.1) is 0 Å². The highest BCUT2D eigenvalue weighted by Crippen LogP contribution is 2.36. The SMILES string of the molecule is CN(CC1(N(C)C)CCC1)C(=O)c1cccnc1F. The Morgan fingerprint density at radius 1 is 1.42 bits per heavy atom. The minimum Gasteiger partial charge on any atom is -0.340 e. The Bertz CT molecular complexity index is 472. The molecule has 5 heteroatoms. The first-order valence-corrected chi connectivity index (χ1v) is 6.50. The van der Waals surface area contributed by atoms with Crippen molar-refractivity contribution in [2.24, 2.45) is 0 Å². The van der Waals surface area contributed by atoms with Crippen LogP contribution in [0.1, 0.15) is 29.6 Å². The third kappa shape index (κ3) is 2.61. The van der Waals surface area contributed by atoms with Crippen molar-refractivity contribution in [2.45, 2.75) is 24.8 Å². The second-order valence-electron chi connectivity index (χ2n) is 5.48. The lowest BCUT2D eigenvalue weighted by Crippen LogP contribution is -2.57. The van der Waals surface area contributed by atoms with E-state index in [9.17, 15) is 9.18 Å². The Balaban J connectivity index is 2.10. The van der Waals surface area contributed by atoms with Crippen LogP contribution in [0, 0.1) is 5.95 Å². The summed E-state index contributed by atoms with van der Waals surface area (Å²) in [6.07, 6.45) is 4.68. The summed E-state index contributed by atoms with van der Waals surface area (Å²) < 4.78 is 13.5. The average molecular weight is 265 g/mol. The summed E-state index contributed by atoms with van der Waals surface area (Å²) >= 11 is 0. The smallest absolute Gasteiger partial charge is 0.258 e. The predicted octanol–water partition coefficient (Wildman–Crippen LogP) is 1.78. The average Bonchev–Trinajstić information content (AvgIpc) is 2.32. The molecule has 0 unspecified atom stereocenters. The van der Waals surface area contributed by atoms with Crippen LogP contribution in [0.25, 0.3) is 0 Å². The standard InChI is InChI=1S/C14H20FN3O/c1-17(2)14(7-5-8-14)10-18(3)13(19)11-6-4-9-16-12(11)15/h4,6,9H,5,7-8,10H2,1-3H3. The molecule has 1 aliphatic carbocycles. The van der Waals surface area contributed by atoms with E-state index < -0.39 is 5.95 Å². The molecule has 0 N–H and O–H groups in total. The quantitative estimate of drug-likeness (QED) is 0.779. The Morgan fingerprint density at radius 3 is 2.58 bits per heavy atom. The molecule has 1 aliphatic rings. The number of nitrogens with zero attached hydrogens (tertiary/aromatic N) is 3. The topological polar surface area (TPSA) is 36.4 Å². The molecule has 1 heterocycles. The predicted molar refractivity (Wildman–Crippen MR) is 71.4 cm³/mol. The Morgan fingerprint density at radius 2 is 2.11 bits per heavy atom. The van der Waals surface area contributed by atoms with Gasteiger partial charge in [-0.2, -0.15) is 4.39 Å². The molecule has 104 valence electrons. The summed E-state index contributed by atoms with van der Waals surface area (Å²) in [5.74, 6) is -1.01. The molecule has 1 fully saturated rings. The van der Waals surface area contributed by atoms with Gasteiger partial charge < -0.3 is 9.80 Å². The molecular weight excluding hydrogens is 245 g/mol. The first-order valence-electron chi connectivity index (χ1n) is 6.50. The first-order chi connectivity index (χ1) is 8.96. The van der Waals surface area contributed by atoms with Crippen molar-refractivity contribution in [2.75, 3.05) is 27.7 Å².